The lowest BCUT2D eigenvalue weighted by atomic mass is 10.1. The van der Waals surface area contributed by atoms with Crippen molar-refractivity contribution in [1.29, 1.82) is 0 Å². The van der Waals surface area contributed by atoms with Crippen LogP contribution in [0.15, 0.2) is 54.6 Å². The van der Waals surface area contributed by atoms with Gasteiger partial charge in [0, 0.05) is 22.5 Å². The number of anilines is 1. The first-order chi connectivity index (χ1) is 16.6. The third-order valence-electron chi connectivity index (χ3n) is 6.47. The Bertz CT molecular complexity index is 1400. The van der Waals surface area contributed by atoms with Gasteiger partial charge in [0.1, 0.15) is 18.1 Å². The smallest absolute Gasteiger partial charge is 0.260 e. The molecule has 2 aliphatic rings. The van der Waals surface area contributed by atoms with Crippen molar-refractivity contribution in [2.24, 2.45) is 0 Å². The Morgan fingerprint density at radius 2 is 1.91 bits per heavy atom. The van der Waals surface area contributed by atoms with E-state index in [2.05, 4.69) is 38.8 Å². The van der Waals surface area contributed by atoms with Crippen molar-refractivity contribution >= 4 is 11.7 Å². The highest BCUT2D eigenvalue weighted by Gasteiger charge is 2.33. The number of rotatable bonds is 4. The fourth-order valence-electron chi connectivity index (χ4n) is 4.86. The monoisotopic (exact) mass is 452 g/mol. The summed E-state index contributed by atoms with van der Waals surface area (Å²) in [4.78, 5) is 24.5. The lowest BCUT2D eigenvalue weighted by molar-refractivity contribution is 0.0668. The lowest BCUT2D eigenvalue weighted by Crippen LogP contribution is -2.26. The predicted octanol–water partition coefficient (Wildman–Crippen LogP) is 3.89. The number of hydrogen-bond acceptors (Lipinski definition) is 6. The number of benzene rings is 1. The van der Waals surface area contributed by atoms with Crippen LogP contribution >= 0.6 is 0 Å². The molecule has 0 radical (unpaired) electrons. The summed E-state index contributed by atoms with van der Waals surface area (Å²) < 4.78 is 7.90. The number of carbonyl (C=O) groups excluding carboxylic acids is 1. The Kier molecular flexibility index (Phi) is 4.95. The van der Waals surface area contributed by atoms with E-state index in [-0.39, 0.29) is 11.9 Å². The molecule has 1 atom stereocenters. The zero-order valence-electron chi connectivity index (χ0n) is 19.1. The fourth-order valence-corrected chi connectivity index (χ4v) is 4.86. The van der Waals surface area contributed by atoms with Gasteiger partial charge in [-0.25, -0.2) is 4.98 Å². The van der Waals surface area contributed by atoms with E-state index < -0.39 is 0 Å². The van der Waals surface area contributed by atoms with Gasteiger partial charge >= 0.3 is 0 Å². The van der Waals surface area contributed by atoms with Gasteiger partial charge in [0.2, 0.25) is 0 Å². The SMILES string of the molecule is CCc1nc(C)cc2c1CN(c1cccc(-c3nnc4n3[C@@H](c3ccccc3)COC4)n1)C2=O. The second-order valence-corrected chi connectivity index (χ2v) is 8.61. The summed E-state index contributed by atoms with van der Waals surface area (Å²) in [6, 6.07) is 17.7. The van der Waals surface area contributed by atoms with Gasteiger partial charge in [0.15, 0.2) is 11.6 Å². The molecule has 8 heteroatoms. The number of amides is 1. The molecule has 0 unspecified atom stereocenters. The summed E-state index contributed by atoms with van der Waals surface area (Å²) in [6.07, 6.45) is 0.785. The van der Waals surface area contributed by atoms with Crippen LogP contribution in [0.5, 0.6) is 0 Å². The number of aryl methyl sites for hydroxylation is 2. The van der Waals surface area contributed by atoms with Crippen LogP contribution in [0, 0.1) is 6.92 Å². The molecule has 0 bridgehead atoms. The number of nitrogens with zero attached hydrogens (tertiary/aromatic N) is 6. The van der Waals surface area contributed by atoms with Crippen molar-refractivity contribution in [2.45, 2.75) is 39.5 Å². The molecule has 4 aromatic rings. The van der Waals surface area contributed by atoms with Crippen molar-refractivity contribution in [3.8, 4) is 11.5 Å². The molecule has 6 rings (SSSR count). The minimum Gasteiger partial charge on any atom is -0.371 e. The minimum absolute atomic E-state index is 0.0424. The number of aromatic nitrogens is 5. The molecule has 0 spiro atoms. The van der Waals surface area contributed by atoms with Gasteiger partial charge in [-0.05, 0) is 37.1 Å². The van der Waals surface area contributed by atoms with Gasteiger partial charge in [-0.3, -0.25) is 19.2 Å². The Labute approximate surface area is 197 Å². The fraction of sp³-hybridized carbons (Fsp3) is 0.269. The highest BCUT2D eigenvalue weighted by Crippen LogP contribution is 2.33. The van der Waals surface area contributed by atoms with Crippen molar-refractivity contribution in [3.05, 3.63) is 88.5 Å². The summed E-state index contributed by atoms with van der Waals surface area (Å²) in [5.41, 5.74) is 5.34. The van der Waals surface area contributed by atoms with E-state index in [1.165, 1.54) is 0 Å². The van der Waals surface area contributed by atoms with Crippen LogP contribution in [-0.2, 0) is 24.3 Å². The molecule has 170 valence electrons. The van der Waals surface area contributed by atoms with Crippen LogP contribution < -0.4 is 4.90 Å². The standard InChI is InChI=1S/C26H24N6O2/c1-3-20-19-13-31(26(33)18(19)12-16(2)27-20)23-11-7-10-21(28-23)25-30-29-24-15-34-14-22(32(24)25)17-8-5-4-6-9-17/h4-12,22H,3,13-15H2,1-2H3/t22-/m1/s1. The average molecular weight is 453 g/mol. The first kappa shape index (κ1) is 20.7. The zero-order chi connectivity index (χ0) is 23.2. The summed E-state index contributed by atoms with van der Waals surface area (Å²) in [5.74, 6) is 1.99. The van der Waals surface area contributed by atoms with Crippen LogP contribution in [0.2, 0.25) is 0 Å². The molecule has 3 aromatic heterocycles. The predicted molar refractivity (Wildman–Crippen MR) is 126 cm³/mol. The lowest BCUT2D eigenvalue weighted by Gasteiger charge is -2.26. The van der Waals surface area contributed by atoms with Crippen molar-refractivity contribution < 1.29 is 9.53 Å². The Morgan fingerprint density at radius 1 is 1.06 bits per heavy atom. The van der Waals surface area contributed by atoms with Crippen LogP contribution in [0.25, 0.3) is 11.5 Å². The third kappa shape index (κ3) is 3.30. The second-order valence-electron chi connectivity index (χ2n) is 8.61. The van der Waals surface area contributed by atoms with E-state index in [1.807, 2.05) is 49.4 Å². The van der Waals surface area contributed by atoms with Crippen LogP contribution in [0.1, 0.15) is 51.7 Å². The van der Waals surface area contributed by atoms with Crippen LogP contribution in [-0.4, -0.2) is 37.2 Å². The molecule has 0 fully saturated rings. The van der Waals surface area contributed by atoms with Gasteiger partial charge in [0.05, 0.1) is 19.2 Å². The summed E-state index contributed by atoms with van der Waals surface area (Å²) >= 11 is 0. The Hall–Kier alpha value is -3.91. The van der Waals surface area contributed by atoms with E-state index in [1.54, 1.807) is 4.90 Å². The van der Waals surface area contributed by atoms with Gasteiger partial charge < -0.3 is 4.74 Å². The van der Waals surface area contributed by atoms with Gasteiger partial charge in [-0.1, -0.05) is 43.3 Å². The number of pyridine rings is 2. The Morgan fingerprint density at radius 3 is 2.74 bits per heavy atom. The minimum atomic E-state index is -0.0429. The van der Waals surface area contributed by atoms with Crippen molar-refractivity contribution in [3.63, 3.8) is 0 Å². The molecule has 34 heavy (non-hydrogen) atoms. The molecule has 1 amide bonds. The van der Waals surface area contributed by atoms with E-state index >= 15 is 0 Å². The van der Waals surface area contributed by atoms with E-state index in [0.29, 0.717) is 37.1 Å². The van der Waals surface area contributed by atoms with E-state index in [9.17, 15) is 4.79 Å². The number of carbonyl (C=O) groups is 1. The first-order valence-corrected chi connectivity index (χ1v) is 11.5. The maximum absolute atomic E-state index is 13.3. The van der Waals surface area contributed by atoms with Crippen molar-refractivity contribution in [1.82, 2.24) is 24.7 Å². The molecule has 2 aliphatic heterocycles. The van der Waals surface area contributed by atoms with Gasteiger partial charge in [-0.15, -0.1) is 10.2 Å². The third-order valence-corrected chi connectivity index (χ3v) is 6.47. The van der Waals surface area contributed by atoms with Gasteiger partial charge in [0.25, 0.3) is 5.91 Å². The molecule has 0 aliphatic carbocycles. The summed E-state index contributed by atoms with van der Waals surface area (Å²) in [7, 11) is 0. The number of ether oxygens (including phenoxy) is 1. The molecule has 5 heterocycles. The molecular formula is C26H24N6O2. The molecular weight excluding hydrogens is 428 g/mol. The highest BCUT2D eigenvalue weighted by atomic mass is 16.5. The van der Waals surface area contributed by atoms with Crippen LogP contribution in [0.4, 0.5) is 5.82 Å². The van der Waals surface area contributed by atoms with Crippen molar-refractivity contribution in [2.75, 3.05) is 11.5 Å². The zero-order valence-corrected chi connectivity index (χ0v) is 19.1. The largest absolute Gasteiger partial charge is 0.371 e. The normalized spacial score (nSPS) is 17.1. The average Bonchev–Trinajstić information content (AvgIpc) is 3.46. The molecule has 1 aromatic carbocycles. The number of fused-ring (bicyclic) bond motifs is 2. The molecule has 0 saturated heterocycles. The summed E-state index contributed by atoms with van der Waals surface area (Å²) in [5, 5.41) is 8.84. The first-order valence-electron chi connectivity index (χ1n) is 11.5. The maximum Gasteiger partial charge on any atom is 0.260 e. The quantitative estimate of drug-likeness (QED) is 0.467. The number of hydrogen-bond donors (Lipinski definition) is 0. The van der Waals surface area contributed by atoms with Gasteiger partial charge in [-0.2, -0.15) is 0 Å². The van der Waals surface area contributed by atoms with Crippen LogP contribution in [0.3, 0.4) is 0 Å². The molecule has 0 N–H and O–H groups in total. The van der Waals surface area contributed by atoms with E-state index in [4.69, 9.17) is 9.72 Å². The second kappa shape index (κ2) is 8.14. The topological polar surface area (TPSA) is 86.0 Å². The summed E-state index contributed by atoms with van der Waals surface area (Å²) in [6.45, 7) is 5.40. The maximum atomic E-state index is 13.3. The Balaban J connectivity index is 1.39. The molecule has 0 saturated carbocycles. The van der Waals surface area contributed by atoms with E-state index in [0.717, 1.165) is 40.3 Å². The highest BCUT2D eigenvalue weighted by molar-refractivity contribution is 6.09. The molecule has 8 nitrogen and oxygen atoms in total.